The molecule has 1 aromatic heterocycles. The lowest BCUT2D eigenvalue weighted by Crippen LogP contribution is -2.34. The van der Waals surface area contributed by atoms with Crippen LogP contribution >= 0.6 is 0 Å². The molecule has 2 heterocycles. The molecule has 0 aliphatic carbocycles. The first-order valence-corrected chi connectivity index (χ1v) is 7.16. The van der Waals surface area contributed by atoms with Crippen LogP contribution in [0.3, 0.4) is 0 Å². The Morgan fingerprint density at radius 1 is 1.55 bits per heavy atom. The van der Waals surface area contributed by atoms with E-state index in [9.17, 15) is 4.79 Å². The van der Waals surface area contributed by atoms with Crippen molar-refractivity contribution in [2.45, 2.75) is 33.2 Å². The molecule has 2 unspecified atom stereocenters. The molecule has 0 saturated carbocycles. The maximum Gasteiger partial charge on any atom is 0.238 e. The normalized spacial score (nSPS) is 21.1. The van der Waals surface area contributed by atoms with Crippen LogP contribution in [0.25, 0.3) is 0 Å². The molecule has 1 aromatic rings. The second kappa shape index (κ2) is 5.93. The highest BCUT2D eigenvalue weighted by Gasteiger charge is 2.26. The maximum atomic E-state index is 12.1. The van der Waals surface area contributed by atoms with Gasteiger partial charge in [0.1, 0.15) is 0 Å². The van der Waals surface area contributed by atoms with Crippen LogP contribution in [0.1, 0.15) is 24.7 Å². The molecular weight excluding hydrogens is 254 g/mol. The number of nitrogens with two attached hydrogens (primary N) is 1. The predicted molar refractivity (Wildman–Crippen MR) is 79.5 cm³/mol. The van der Waals surface area contributed by atoms with E-state index >= 15 is 0 Å². The number of nitrogens with zero attached hydrogens (tertiary/aromatic N) is 3. The lowest BCUT2D eigenvalue weighted by Gasteiger charge is -2.17. The first kappa shape index (κ1) is 15.0. The van der Waals surface area contributed by atoms with Gasteiger partial charge < -0.3 is 11.1 Å². The fourth-order valence-electron chi connectivity index (χ4n) is 2.77. The molecule has 0 aromatic carbocycles. The maximum absolute atomic E-state index is 12.1. The van der Waals surface area contributed by atoms with Gasteiger partial charge in [-0.05, 0) is 39.7 Å². The van der Waals surface area contributed by atoms with E-state index in [4.69, 9.17) is 5.73 Å². The molecule has 3 N–H and O–H groups in total. The van der Waals surface area contributed by atoms with Gasteiger partial charge in [-0.1, -0.05) is 0 Å². The van der Waals surface area contributed by atoms with Gasteiger partial charge in [-0.15, -0.1) is 0 Å². The van der Waals surface area contributed by atoms with Gasteiger partial charge in [-0.3, -0.25) is 14.4 Å². The van der Waals surface area contributed by atoms with Gasteiger partial charge >= 0.3 is 0 Å². The number of carbonyl (C=O) groups is 1. The minimum absolute atomic E-state index is 0.0227. The number of likely N-dealkylation sites (tertiary alicyclic amines) is 1. The summed E-state index contributed by atoms with van der Waals surface area (Å²) in [5.74, 6) is 0.527. The zero-order valence-corrected chi connectivity index (χ0v) is 12.8. The summed E-state index contributed by atoms with van der Waals surface area (Å²) < 4.78 is 1.78. The third kappa shape index (κ3) is 3.19. The van der Waals surface area contributed by atoms with Crippen molar-refractivity contribution >= 4 is 11.6 Å². The third-order valence-corrected chi connectivity index (χ3v) is 4.19. The Labute approximate surface area is 120 Å². The van der Waals surface area contributed by atoms with Crippen LogP contribution < -0.4 is 11.1 Å². The fraction of sp³-hybridized carbons (Fsp3) is 0.714. The number of amides is 1. The van der Waals surface area contributed by atoms with Crippen molar-refractivity contribution in [3.63, 3.8) is 0 Å². The summed E-state index contributed by atoms with van der Waals surface area (Å²) >= 11 is 0. The molecular formula is C14H25N5O. The number of aryl methyl sites for hydroxylation is 2. The zero-order valence-electron chi connectivity index (χ0n) is 12.8. The van der Waals surface area contributed by atoms with E-state index < -0.39 is 0 Å². The quantitative estimate of drug-likeness (QED) is 0.848. The standard InChI is InChI=1S/C14H25N5O/c1-9(15)12-5-6-19(7-12)8-13(20)16-14-10(2)17-18(4)11(14)3/h9,12H,5-8,15H2,1-4H3,(H,16,20). The first-order valence-electron chi connectivity index (χ1n) is 7.16. The Morgan fingerprint density at radius 2 is 2.25 bits per heavy atom. The number of anilines is 1. The lowest BCUT2D eigenvalue weighted by molar-refractivity contribution is -0.117. The Morgan fingerprint density at radius 3 is 2.75 bits per heavy atom. The van der Waals surface area contributed by atoms with E-state index in [1.165, 1.54) is 0 Å². The fourth-order valence-corrected chi connectivity index (χ4v) is 2.77. The van der Waals surface area contributed by atoms with Gasteiger partial charge in [0.05, 0.1) is 23.6 Å². The van der Waals surface area contributed by atoms with E-state index in [-0.39, 0.29) is 11.9 Å². The zero-order chi connectivity index (χ0) is 14.9. The minimum atomic E-state index is 0.0227. The van der Waals surface area contributed by atoms with Crippen molar-refractivity contribution in [2.75, 3.05) is 25.0 Å². The molecule has 1 aliphatic rings. The van der Waals surface area contributed by atoms with Crippen molar-refractivity contribution in [3.05, 3.63) is 11.4 Å². The highest BCUT2D eigenvalue weighted by atomic mass is 16.2. The molecule has 0 radical (unpaired) electrons. The summed E-state index contributed by atoms with van der Waals surface area (Å²) in [6, 6.07) is 0.200. The van der Waals surface area contributed by atoms with Gasteiger partial charge in [-0.25, -0.2) is 0 Å². The summed E-state index contributed by atoms with van der Waals surface area (Å²) in [5, 5.41) is 7.28. The number of rotatable bonds is 4. The Kier molecular flexibility index (Phi) is 4.45. The summed E-state index contributed by atoms with van der Waals surface area (Å²) in [6.45, 7) is 8.19. The van der Waals surface area contributed by atoms with E-state index in [2.05, 4.69) is 15.3 Å². The van der Waals surface area contributed by atoms with Gasteiger partial charge in [0.15, 0.2) is 0 Å². The molecule has 1 fully saturated rings. The van der Waals surface area contributed by atoms with Crippen LogP contribution in [-0.4, -0.2) is 46.3 Å². The second-order valence-corrected chi connectivity index (χ2v) is 5.86. The van der Waals surface area contributed by atoms with Gasteiger partial charge in [0.2, 0.25) is 5.91 Å². The molecule has 2 atom stereocenters. The van der Waals surface area contributed by atoms with E-state index in [0.717, 1.165) is 36.6 Å². The number of aromatic nitrogens is 2. The highest BCUT2D eigenvalue weighted by Crippen LogP contribution is 2.20. The molecule has 0 spiro atoms. The van der Waals surface area contributed by atoms with Crippen molar-refractivity contribution in [1.82, 2.24) is 14.7 Å². The van der Waals surface area contributed by atoms with Crippen LogP contribution in [0.15, 0.2) is 0 Å². The van der Waals surface area contributed by atoms with Crippen molar-refractivity contribution in [2.24, 2.45) is 18.7 Å². The predicted octanol–water partition coefficient (Wildman–Crippen LogP) is 0.645. The topological polar surface area (TPSA) is 76.2 Å². The monoisotopic (exact) mass is 279 g/mol. The molecule has 6 nitrogen and oxygen atoms in total. The molecule has 2 rings (SSSR count). The smallest absolute Gasteiger partial charge is 0.238 e. The summed E-state index contributed by atoms with van der Waals surface area (Å²) in [4.78, 5) is 14.3. The average molecular weight is 279 g/mol. The van der Waals surface area contributed by atoms with Crippen LogP contribution in [-0.2, 0) is 11.8 Å². The van der Waals surface area contributed by atoms with Gasteiger partial charge in [0, 0.05) is 19.6 Å². The van der Waals surface area contributed by atoms with Crippen LogP contribution in [0.5, 0.6) is 0 Å². The number of nitrogens with one attached hydrogen (secondary N) is 1. The number of hydrogen-bond acceptors (Lipinski definition) is 4. The number of carbonyl (C=O) groups excluding carboxylic acids is 1. The molecule has 0 bridgehead atoms. The molecule has 112 valence electrons. The average Bonchev–Trinajstić information content (AvgIpc) is 2.91. The molecule has 1 amide bonds. The highest BCUT2D eigenvalue weighted by molar-refractivity contribution is 5.93. The molecule has 6 heteroatoms. The van der Waals surface area contributed by atoms with Gasteiger partial charge in [0.25, 0.3) is 0 Å². The SMILES string of the molecule is Cc1nn(C)c(C)c1NC(=O)CN1CCC(C(C)N)C1. The Hall–Kier alpha value is -1.40. The summed E-state index contributed by atoms with van der Waals surface area (Å²) in [5.41, 5.74) is 8.58. The van der Waals surface area contributed by atoms with E-state index in [1.807, 2.05) is 27.8 Å². The molecule has 1 aliphatic heterocycles. The van der Waals surface area contributed by atoms with E-state index in [1.54, 1.807) is 4.68 Å². The first-order chi connectivity index (χ1) is 9.38. The van der Waals surface area contributed by atoms with Crippen molar-refractivity contribution in [3.8, 4) is 0 Å². The van der Waals surface area contributed by atoms with Crippen molar-refractivity contribution in [1.29, 1.82) is 0 Å². The van der Waals surface area contributed by atoms with Gasteiger partial charge in [-0.2, -0.15) is 5.10 Å². The second-order valence-electron chi connectivity index (χ2n) is 5.86. The Balaban J connectivity index is 1.90. The van der Waals surface area contributed by atoms with E-state index in [0.29, 0.717) is 12.5 Å². The Bertz CT molecular complexity index is 494. The molecule has 1 saturated heterocycles. The molecule has 20 heavy (non-hydrogen) atoms. The van der Waals surface area contributed by atoms with Crippen LogP contribution in [0.2, 0.25) is 0 Å². The van der Waals surface area contributed by atoms with Crippen LogP contribution in [0.4, 0.5) is 5.69 Å². The summed E-state index contributed by atoms with van der Waals surface area (Å²) in [7, 11) is 1.88. The summed E-state index contributed by atoms with van der Waals surface area (Å²) in [6.07, 6.45) is 1.08. The lowest BCUT2D eigenvalue weighted by atomic mass is 10.0. The number of hydrogen-bond donors (Lipinski definition) is 2. The van der Waals surface area contributed by atoms with Crippen molar-refractivity contribution < 1.29 is 4.79 Å². The minimum Gasteiger partial charge on any atom is -0.328 e. The third-order valence-electron chi connectivity index (χ3n) is 4.19. The van der Waals surface area contributed by atoms with Crippen LogP contribution in [0, 0.1) is 19.8 Å². The largest absolute Gasteiger partial charge is 0.328 e.